The summed E-state index contributed by atoms with van der Waals surface area (Å²) in [5, 5.41) is 1.31. The van der Waals surface area contributed by atoms with Crippen LogP contribution in [-0.4, -0.2) is 24.1 Å². The first-order valence-corrected chi connectivity index (χ1v) is 18.6. The third-order valence-corrected chi connectivity index (χ3v) is 11.3. The predicted molar refractivity (Wildman–Crippen MR) is 238 cm³/mol. The van der Waals surface area contributed by atoms with Gasteiger partial charge < -0.3 is 0 Å². The molecule has 12 aromatic rings. The van der Waals surface area contributed by atoms with Crippen LogP contribution in [0.2, 0.25) is 0 Å². The zero-order valence-corrected chi connectivity index (χ0v) is 30.1. The Morgan fingerprint density at radius 2 is 0.825 bits per heavy atom. The van der Waals surface area contributed by atoms with Crippen molar-refractivity contribution in [1.82, 2.24) is 24.1 Å². The lowest BCUT2D eigenvalue weighted by atomic mass is 9.98. The Morgan fingerprint density at radius 3 is 1.39 bits per heavy atom. The standard InChI is InChI=1S/C51H31N5S/c1-6-19-43-37(14-1)38-15-2-7-20-44(38)55(43)50-52-49(53-51(54-50)56-45-21-8-3-16-39(45)40-17-4-9-22-46(40)56)36-13-11-12-34(30-36)32-24-26-33(27-25-32)35-28-29-48-42(31-35)41-18-5-10-23-47(41)57-48/h1-31H/i1D,2D,3D,4D,6D,7D,8D,9D,14D,15D,16D,17D,19D,20D,21D,22D. The fraction of sp³-hybridized carbons (Fsp3) is 0. The molecule has 0 N–H and O–H groups in total. The molecule has 0 atom stereocenters. The van der Waals surface area contributed by atoms with Gasteiger partial charge in [-0.1, -0.05) is 139 Å². The third kappa shape index (κ3) is 5.04. The summed E-state index contributed by atoms with van der Waals surface area (Å²) >= 11 is 1.74. The Kier molecular flexibility index (Phi) is 4.40. The molecule has 0 spiro atoms. The summed E-state index contributed by atoms with van der Waals surface area (Å²) in [4.78, 5) is 14.5. The van der Waals surface area contributed by atoms with E-state index < -0.39 is 109 Å². The highest BCUT2D eigenvalue weighted by molar-refractivity contribution is 7.25. The largest absolute Gasteiger partial charge is 0.278 e. The van der Waals surface area contributed by atoms with Gasteiger partial charge in [-0.25, -0.2) is 0 Å². The van der Waals surface area contributed by atoms with E-state index in [0.717, 1.165) is 31.2 Å². The summed E-state index contributed by atoms with van der Waals surface area (Å²) in [5.41, 5.74) is 2.57. The maximum absolute atomic E-state index is 9.20. The average Bonchev–Trinajstić information content (AvgIpc) is 4.09. The van der Waals surface area contributed by atoms with Crippen molar-refractivity contribution >= 4 is 75.1 Å². The molecule has 0 aliphatic rings. The Balaban J connectivity index is 1.15. The van der Waals surface area contributed by atoms with Crippen molar-refractivity contribution in [3.63, 3.8) is 0 Å². The van der Waals surface area contributed by atoms with Crippen molar-refractivity contribution in [2.45, 2.75) is 0 Å². The van der Waals surface area contributed by atoms with Crippen LogP contribution in [0.25, 0.3) is 109 Å². The van der Waals surface area contributed by atoms with Gasteiger partial charge in [0.25, 0.3) is 0 Å². The highest BCUT2D eigenvalue weighted by atomic mass is 32.1. The Morgan fingerprint density at radius 1 is 0.368 bits per heavy atom. The molecule has 4 heterocycles. The monoisotopic (exact) mass is 761 g/mol. The fourth-order valence-corrected chi connectivity index (χ4v) is 8.61. The van der Waals surface area contributed by atoms with Gasteiger partial charge in [-0.2, -0.15) is 15.0 Å². The molecule has 57 heavy (non-hydrogen) atoms. The number of thiophene rings is 1. The zero-order valence-electron chi connectivity index (χ0n) is 45.3. The number of para-hydroxylation sites is 4. The summed E-state index contributed by atoms with van der Waals surface area (Å²) < 4.78 is 147. The van der Waals surface area contributed by atoms with Crippen molar-refractivity contribution < 1.29 is 21.9 Å². The molecular formula is C51H31N5S. The molecular weight excluding hydrogens is 715 g/mol. The van der Waals surface area contributed by atoms with Crippen LogP contribution in [0.3, 0.4) is 0 Å². The van der Waals surface area contributed by atoms with Gasteiger partial charge in [0.05, 0.1) is 44.0 Å². The smallest absolute Gasteiger partial charge is 0.240 e. The first-order valence-electron chi connectivity index (χ1n) is 25.8. The van der Waals surface area contributed by atoms with Crippen molar-refractivity contribution in [3.05, 3.63) is 188 Å². The maximum Gasteiger partial charge on any atom is 0.240 e. The number of benzene rings is 8. The lowest BCUT2D eigenvalue weighted by molar-refractivity contribution is 0.893. The van der Waals surface area contributed by atoms with Crippen molar-refractivity contribution in [3.8, 4) is 45.5 Å². The predicted octanol–water partition coefficient (Wildman–Crippen LogP) is 13.4. The molecule has 0 amide bonds. The second kappa shape index (κ2) is 12.6. The molecule has 5 nitrogen and oxygen atoms in total. The molecule has 0 aliphatic heterocycles. The van der Waals surface area contributed by atoms with Crippen LogP contribution in [-0.2, 0) is 0 Å². The van der Waals surface area contributed by atoms with Gasteiger partial charge in [-0.05, 0) is 70.7 Å². The molecule has 0 unspecified atom stereocenters. The van der Waals surface area contributed by atoms with E-state index in [1.165, 1.54) is 14.8 Å². The minimum Gasteiger partial charge on any atom is -0.278 e. The van der Waals surface area contributed by atoms with Gasteiger partial charge in [0.15, 0.2) is 5.82 Å². The molecule has 6 heteroatoms. The van der Waals surface area contributed by atoms with Crippen molar-refractivity contribution in [2.75, 3.05) is 0 Å². The van der Waals surface area contributed by atoms with Crippen LogP contribution in [0.5, 0.6) is 0 Å². The fourth-order valence-electron chi connectivity index (χ4n) is 7.52. The summed E-state index contributed by atoms with van der Waals surface area (Å²) in [6, 6.07) is 19.3. The third-order valence-electron chi connectivity index (χ3n) is 10.1. The van der Waals surface area contributed by atoms with Gasteiger partial charge in [-0.15, -0.1) is 11.3 Å². The van der Waals surface area contributed by atoms with Gasteiger partial charge in [0.2, 0.25) is 11.9 Å². The number of nitrogens with zero attached hydrogens (tertiary/aromatic N) is 5. The molecule has 12 rings (SSSR count). The number of hydrogen-bond acceptors (Lipinski definition) is 4. The molecule has 0 saturated carbocycles. The van der Waals surface area contributed by atoms with Crippen molar-refractivity contribution in [2.24, 2.45) is 0 Å². The van der Waals surface area contributed by atoms with Crippen LogP contribution in [0.15, 0.2) is 188 Å². The van der Waals surface area contributed by atoms with E-state index in [4.69, 9.17) is 31.4 Å². The summed E-state index contributed by atoms with van der Waals surface area (Å²) in [7, 11) is 0. The van der Waals surface area contributed by atoms with E-state index in [-0.39, 0.29) is 49.4 Å². The van der Waals surface area contributed by atoms with Crippen LogP contribution >= 0.6 is 11.3 Å². The molecule has 0 bridgehead atoms. The van der Waals surface area contributed by atoms with E-state index in [9.17, 15) is 5.48 Å². The highest BCUT2D eigenvalue weighted by Gasteiger charge is 2.20. The van der Waals surface area contributed by atoms with Gasteiger partial charge in [-0.3, -0.25) is 9.13 Å². The summed E-state index contributed by atoms with van der Waals surface area (Å²) in [6.45, 7) is 0. The summed E-state index contributed by atoms with van der Waals surface area (Å²) in [6.07, 6.45) is 0. The first kappa shape index (κ1) is 20.0. The molecule has 0 aliphatic carbocycles. The Labute approximate surface area is 353 Å². The number of aromatic nitrogens is 5. The highest BCUT2D eigenvalue weighted by Crippen LogP contribution is 2.38. The second-order valence-corrected chi connectivity index (χ2v) is 14.4. The van der Waals surface area contributed by atoms with Crippen LogP contribution < -0.4 is 0 Å². The lowest BCUT2D eigenvalue weighted by Crippen LogP contribution is -2.10. The molecule has 0 fully saturated rings. The number of fused-ring (bicyclic) bond motifs is 9. The van der Waals surface area contributed by atoms with Crippen LogP contribution in [0.4, 0.5) is 0 Å². The molecule has 266 valence electrons. The Hall–Kier alpha value is -7.41. The number of rotatable bonds is 5. The molecule has 0 radical (unpaired) electrons. The van der Waals surface area contributed by atoms with Crippen LogP contribution in [0, 0.1) is 0 Å². The SMILES string of the molecule is [2H]c1c([2H])c([2H])c2c(c1[2H])c1c([2H])c([2H])c([2H])c([2H])c1n2-c1nc(-c2cccc(-c3ccc(-c4ccc5sc6ccccc6c5c4)cc3)c2)nc(-n2c3c([2H])c([2H])c([2H])c([2H])c3c3c([2H])c([2H])c([2H])c([2H])c32)n1. The zero-order chi connectivity index (χ0) is 51.4. The normalized spacial score (nSPS) is 15.8. The topological polar surface area (TPSA) is 48.5 Å². The Bertz CT molecular complexity index is 4140. The van der Waals surface area contributed by atoms with Crippen LogP contribution in [0.1, 0.15) is 21.9 Å². The summed E-state index contributed by atoms with van der Waals surface area (Å²) in [5.74, 6) is -1.06. The van der Waals surface area contributed by atoms with E-state index in [1.54, 1.807) is 29.5 Å². The quantitative estimate of drug-likeness (QED) is 0.175. The minimum atomic E-state index is -0.695. The van der Waals surface area contributed by atoms with E-state index in [1.807, 2.05) is 42.5 Å². The van der Waals surface area contributed by atoms with E-state index in [2.05, 4.69) is 30.3 Å². The average molecular weight is 762 g/mol. The minimum absolute atomic E-state index is 0.136. The molecule has 8 aromatic carbocycles. The molecule has 0 saturated heterocycles. The second-order valence-electron chi connectivity index (χ2n) is 13.3. The van der Waals surface area contributed by atoms with Gasteiger partial charge in [0, 0.05) is 47.3 Å². The lowest BCUT2D eigenvalue weighted by Gasteiger charge is -2.13. The van der Waals surface area contributed by atoms with Gasteiger partial charge >= 0.3 is 0 Å². The van der Waals surface area contributed by atoms with Gasteiger partial charge in [0.1, 0.15) is 0 Å². The first-order chi connectivity index (χ1) is 34.9. The van der Waals surface area contributed by atoms with Crippen molar-refractivity contribution in [1.29, 1.82) is 0 Å². The van der Waals surface area contributed by atoms with E-state index >= 15 is 0 Å². The molecule has 4 aromatic heterocycles. The number of hydrogen-bond donors (Lipinski definition) is 0. The van der Waals surface area contributed by atoms with E-state index in [0.29, 0.717) is 11.1 Å². The maximum atomic E-state index is 9.20.